The summed E-state index contributed by atoms with van der Waals surface area (Å²) < 4.78 is 23.3. The highest BCUT2D eigenvalue weighted by atomic mass is 32.2. The zero-order valence-electron chi connectivity index (χ0n) is 16.8. The summed E-state index contributed by atoms with van der Waals surface area (Å²) in [7, 11) is -2.84. The molecule has 0 aliphatic carbocycles. The molecule has 0 spiro atoms. The number of nitrogens with zero attached hydrogens (tertiary/aromatic N) is 3. The molecule has 6 nitrogen and oxygen atoms in total. The predicted octanol–water partition coefficient (Wildman–Crippen LogP) is 3.72. The molecule has 152 valence electrons. The summed E-state index contributed by atoms with van der Waals surface area (Å²) in [5.74, 6) is 1.78. The number of hydrogen-bond donors (Lipinski definition) is 1. The molecule has 1 unspecified atom stereocenters. The minimum Gasteiger partial charge on any atom is -0.368 e. The number of benzene rings is 1. The molecule has 3 heterocycles. The molecule has 1 saturated heterocycles. The van der Waals surface area contributed by atoms with Crippen LogP contribution < -0.4 is 5.32 Å². The van der Waals surface area contributed by atoms with Crippen LogP contribution in [0.1, 0.15) is 42.6 Å². The molecule has 1 N–H and O–H groups in total. The summed E-state index contributed by atoms with van der Waals surface area (Å²) in [5.41, 5.74) is 3.10. The van der Waals surface area contributed by atoms with Crippen LogP contribution >= 0.6 is 0 Å². The van der Waals surface area contributed by atoms with E-state index in [1.54, 1.807) is 0 Å². The van der Waals surface area contributed by atoms with Crippen molar-refractivity contribution in [1.82, 2.24) is 15.2 Å². The van der Waals surface area contributed by atoms with E-state index in [1.807, 2.05) is 31.3 Å². The normalized spacial score (nSPS) is 17.9. The SMILES string of the molecule is Cc1cc(C(C)c2nnc(NCC3CCS(=O)(=O)CC3)c3ccccc23)ccn1. The Balaban J connectivity index is 1.59. The van der Waals surface area contributed by atoms with E-state index >= 15 is 0 Å². The molecule has 1 aromatic carbocycles. The van der Waals surface area contributed by atoms with Crippen LogP contribution in [0.2, 0.25) is 0 Å². The fourth-order valence-electron chi connectivity index (χ4n) is 3.95. The van der Waals surface area contributed by atoms with Crippen molar-refractivity contribution < 1.29 is 8.42 Å². The maximum atomic E-state index is 11.6. The highest BCUT2D eigenvalue weighted by Crippen LogP contribution is 2.31. The molecular weight excluding hydrogens is 384 g/mol. The van der Waals surface area contributed by atoms with Crippen LogP contribution in [-0.2, 0) is 9.84 Å². The van der Waals surface area contributed by atoms with Crippen molar-refractivity contribution in [2.45, 2.75) is 32.6 Å². The standard InChI is InChI=1S/C22H26N4O2S/c1-15-13-18(7-10-23-15)16(2)21-19-5-3-4-6-20(19)22(26-25-21)24-14-17-8-11-29(27,28)12-9-17/h3-7,10,13,16-17H,8-9,11-12,14H2,1-2H3,(H,24,26). The smallest absolute Gasteiger partial charge is 0.156 e. The fraction of sp³-hybridized carbons (Fsp3) is 0.409. The first-order chi connectivity index (χ1) is 13.9. The van der Waals surface area contributed by atoms with Crippen LogP contribution in [0.15, 0.2) is 42.6 Å². The molecule has 1 fully saturated rings. The Morgan fingerprint density at radius 1 is 1.10 bits per heavy atom. The summed E-state index contributed by atoms with van der Waals surface area (Å²) >= 11 is 0. The minimum atomic E-state index is -2.84. The first-order valence-electron chi connectivity index (χ1n) is 10.0. The van der Waals surface area contributed by atoms with Crippen molar-refractivity contribution in [3.8, 4) is 0 Å². The number of pyridine rings is 1. The second kappa shape index (κ2) is 8.06. The fourth-order valence-corrected chi connectivity index (χ4v) is 5.54. The summed E-state index contributed by atoms with van der Waals surface area (Å²) in [4.78, 5) is 4.29. The predicted molar refractivity (Wildman–Crippen MR) is 116 cm³/mol. The van der Waals surface area contributed by atoms with Gasteiger partial charge in [-0.3, -0.25) is 4.98 Å². The Morgan fingerprint density at radius 3 is 2.55 bits per heavy atom. The maximum Gasteiger partial charge on any atom is 0.156 e. The van der Waals surface area contributed by atoms with Crippen LogP contribution in [0.5, 0.6) is 0 Å². The molecule has 0 radical (unpaired) electrons. The third-order valence-electron chi connectivity index (χ3n) is 5.78. The van der Waals surface area contributed by atoms with Gasteiger partial charge in [0.25, 0.3) is 0 Å². The van der Waals surface area contributed by atoms with Crippen LogP contribution in [0, 0.1) is 12.8 Å². The van der Waals surface area contributed by atoms with Crippen molar-refractivity contribution in [2.24, 2.45) is 5.92 Å². The van der Waals surface area contributed by atoms with Crippen molar-refractivity contribution in [2.75, 3.05) is 23.4 Å². The van der Waals surface area contributed by atoms with E-state index in [4.69, 9.17) is 0 Å². The lowest BCUT2D eigenvalue weighted by Crippen LogP contribution is -2.27. The highest BCUT2D eigenvalue weighted by Gasteiger charge is 2.24. The largest absolute Gasteiger partial charge is 0.368 e. The lowest BCUT2D eigenvalue weighted by Gasteiger charge is -2.23. The van der Waals surface area contributed by atoms with Gasteiger partial charge >= 0.3 is 0 Å². The number of anilines is 1. The quantitative estimate of drug-likeness (QED) is 0.690. The maximum absolute atomic E-state index is 11.6. The van der Waals surface area contributed by atoms with Crippen molar-refractivity contribution in [1.29, 1.82) is 0 Å². The van der Waals surface area contributed by atoms with Gasteiger partial charge in [0.15, 0.2) is 5.82 Å². The number of hydrogen-bond acceptors (Lipinski definition) is 6. The molecule has 4 rings (SSSR count). The first kappa shape index (κ1) is 19.8. The molecule has 29 heavy (non-hydrogen) atoms. The van der Waals surface area contributed by atoms with Gasteiger partial charge in [0.1, 0.15) is 9.84 Å². The number of fused-ring (bicyclic) bond motifs is 1. The van der Waals surface area contributed by atoms with Gasteiger partial charge in [0.2, 0.25) is 0 Å². The Labute approximate surface area is 171 Å². The molecule has 2 aromatic heterocycles. The third kappa shape index (κ3) is 4.40. The summed E-state index contributed by atoms with van der Waals surface area (Å²) in [6.45, 7) is 4.84. The van der Waals surface area contributed by atoms with Gasteiger partial charge in [0.05, 0.1) is 17.2 Å². The molecular formula is C22H26N4O2S. The molecule has 1 aliphatic heterocycles. The molecule has 7 heteroatoms. The average molecular weight is 411 g/mol. The molecule has 0 bridgehead atoms. The van der Waals surface area contributed by atoms with E-state index in [9.17, 15) is 8.42 Å². The van der Waals surface area contributed by atoms with Gasteiger partial charge in [-0.1, -0.05) is 31.2 Å². The average Bonchev–Trinajstić information content (AvgIpc) is 2.72. The number of aryl methyl sites for hydroxylation is 1. The Bertz CT molecular complexity index is 1120. The molecule has 3 aromatic rings. The van der Waals surface area contributed by atoms with Crippen LogP contribution in [0.4, 0.5) is 5.82 Å². The van der Waals surface area contributed by atoms with Gasteiger partial charge < -0.3 is 5.32 Å². The second-order valence-corrected chi connectivity index (χ2v) is 10.2. The summed E-state index contributed by atoms with van der Waals surface area (Å²) in [6.07, 6.45) is 3.24. The number of aromatic nitrogens is 3. The summed E-state index contributed by atoms with van der Waals surface area (Å²) in [5, 5.41) is 14.6. The van der Waals surface area contributed by atoms with Gasteiger partial charge in [-0.15, -0.1) is 5.10 Å². The zero-order chi connectivity index (χ0) is 20.4. The minimum absolute atomic E-state index is 0.103. The topological polar surface area (TPSA) is 84.8 Å². The molecule has 0 saturated carbocycles. The van der Waals surface area contributed by atoms with Gasteiger partial charge in [0, 0.05) is 35.1 Å². The van der Waals surface area contributed by atoms with E-state index in [2.05, 4.69) is 45.6 Å². The monoisotopic (exact) mass is 410 g/mol. The van der Waals surface area contributed by atoms with Crippen molar-refractivity contribution >= 4 is 26.4 Å². The first-order valence-corrected chi connectivity index (χ1v) is 11.9. The second-order valence-electron chi connectivity index (χ2n) is 7.91. The molecule has 1 aliphatic rings. The number of rotatable bonds is 5. The van der Waals surface area contributed by atoms with E-state index in [0.717, 1.165) is 28.0 Å². The van der Waals surface area contributed by atoms with Crippen LogP contribution in [0.3, 0.4) is 0 Å². The Hall–Kier alpha value is -2.54. The van der Waals surface area contributed by atoms with E-state index in [0.29, 0.717) is 25.3 Å². The van der Waals surface area contributed by atoms with E-state index in [1.165, 1.54) is 5.56 Å². The molecule has 0 amide bonds. The van der Waals surface area contributed by atoms with Gasteiger partial charge in [-0.25, -0.2) is 8.42 Å². The Morgan fingerprint density at radius 2 is 1.83 bits per heavy atom. The summed E-state index contributed by atoms with van der Waals surface area (Å²) in [6, 6.07) is 12.3. The lowest BCUT2D eigenvalue weighted by molar-refractivity contribution is 0.484. The van der Waals surface area contributed by atoms with Crippen LogP contribution in [-0.4, -0.2) is 41.6 Å². The number of sulfone groups is 1. The van der Waals surface area contributed by atoms with Gasteiger partial charge in [-0.05, 0) is 43.4 Å². The number of nitrogens with one attached hydrogen (secondary N) is 1. The van der Waals surface area contributed by atoms with Crippen molar-refractivity contribution in [3.63, 3.8) is 0 Å². The molecule has 1 atom stereocenters. The van der Waals surface area contributed by atoms with E-state index in [-0.39, 0.29) is 17.4 Å². The van der Waals surface area contributed by atoms with Gasteiger partial charge in [-0.2, -0.15) is 5.10 Å². The Kier molecular flexibility index (Phi) is 5.50. The van der Waals surface area contributed by atoms with Crippen LogP contribution in [0.25, 0.3) is 10.8 Å². The third-order valence-corrected chi connectivity index (χ3v) is 7.49. The lowest BCUT2D eigenvalue weighted by atomic mass is 9.94. The van der Waals surface area contributed by atoms with E-state index < -0.39 is 9.84 Å². The van der Waals surface area contributed by atoms with Crippen molar-refractivity contribution in [3.05, 3.63) is 59.5 Å². The highest BCUT2D eigenvalue weighted by molar-refractivity contribution is 7.91. The zero-order valence-corrected chi connectivity index (χ0v) is 17.6.